The van der Waals surface area contributed by atoms with Crippen molar-refractivity contribution in [1.82, 2.24) is 0 Å². The number of amides is 1. The SMILES string of the molecule is CCOc1ccccc1CCC(=O)OCC(=O)N(CC#N)c1ccccc1. The Morgan fingerprint density at radius 1 is 1.07 bits per heavy atom. The lowest BCUT2D eigenvalue weighted by molar-refractivity contribution is -0.147. The van der Waals surface area contributed by atoms with Gasteiger partial charge in [0.05, 0.1) is 12.7 Å². The van der Waals surface area contributed by atoms with Gasteiger partial charge < -0.3 is 9.47 Å². The number of anilines is 1. The predicted molar refractivity (Wildman–Crippen MR) is 101 cm³/mol. The number of carbonyl (C=O) groups excluding carboxylic acids is 2. The van der Waals surface area contributed by atoms with E-state index in [4.69, 9.17) is 14.7 Å². The molecule has 0 unspecified atom stereocenters. The molecule has 0 saturated heterocycles. The number of hydrogen-bond donors (Lipinski definition) is 0. The van der Waals surface area contributed by atoms with Gasteiger partial charge in [0.25, 0.3) is 5.91 Å². The zero-order valence-electron chi connectivity index (χ0n) is 15.3. The number of carbonyl (C=O) groups is 2. The standard InChI is InChI=1S/C21H22N2O4/c1-2-26-19-11-7-6-8-17(19)12-13-21(25)27-16-20(24)23(15-14-22)18-9-4-3-5-10-18/h3-11H,2,12-13,15-16H2,1H3. The van der Waals surface area contributed by atoms with Crippen LogP contribution in [-0.4, -0.2) is 31.6 Å². The van der Waals surface area contributed by atoms with Crippen molar-refractivity contribution in [1.29, 1.82) is 5.26 Å². The van der Waals surface area contributed by atoms with E-state index in [-0.39, 0.29) is 13.0 Å². The maximum atomic E-state index is 12.3. The molecule has 0 aliphatic rings. The molecule has 0 radical (unpaired) electrons. The fraction of sp³-hybridized carbons (Fsp3) is 0.286. The lowest BCUT2D eigenvalue weighted by Gasteiger charge is -2.19. The van der Waals surface area contributed by atoms with E-state index in [1.54, 1.807) is 24.3 Å². The van der Waals surface area contributed by atoms with Gasteiger partial charge in [-0.05, 0) is 37.1 Å². The third kappa shape index (κ3) is 6.15. The average Bonchev–Trinajstić information content (AvgIpc) is 2.70. The Kier molecular flexibility index (Phi) is 7.86. The summed E-state index contributed by atoms with van der Waals surface area (Å²) in [6.45, 7) is 1.94. The molecule has 0 aliphatic heterocycles. The van der Waals surface area contributed by atoms with Gasteiger partial charge in [-0.25, -0.2) is 0 Å². The molecule has 6 nitrogen and oxygen atoms in total. The molecule has 2 aromatic carbocycles. The van der Waals surface area contributed by atoms with Crippen molar-refractivity contribution in [2.45, 2.75) is 19.8 Å². The van der Waals surface area contributed by atoms with Crippen LogP contribution < -0.4 is 9.64 Å². The summed E-state index contributed by atoms with van der Waals surface area (Å²) < 4.78 is 10.6. The molecule has 1 amide bonds. The van der Waals surface area contributed by atoms with Gasteiger partial charge in [-0.15, -0.1) is 0 Å². The normalized spacial score (nSPS) is 9.93. The highest BCUT2D eigenvalue weighted by atomic mass is 16.5. The molecule has 0 N–H and O–H groups in total. The smallest absolute Gasteiger partial charge is 0.306 e. The molecule has 2 aromatic rings. The lowest BCUT2D eigenvalue weighted by Crippen LogP contribution is -2.35. The van der Waals surface area contributed by atoms with Crippen LogP contribution in [0.15, 0.2) is 54.6 Å². The van der Waals surface area contributed by atoms with E-state index in [2.05, 4.69) is 0 Å². The van der Waals surface area contributed by atoms with Crippen molar-refractivity contribution >= 4 is 17.6 Å². The van der Waals surface area contributed by atoms with Crippen LogP contribution in [0, 0.1) is 11.3 Å². The van der Waals surface area contributed by atoms with E-state index >= 15 is 0 Å². The molecular weight excluding hydrogens is 344 g/mol. The summed E-state index contributed by atoms with van der Waals surface area (Å²) in [5, 5.41) is 8.94. The Morgan fingerprint density at radius 3 is 2.48 bits per heavy atom. The largest absolute Gasteiger partial charge is 0.494 e. The topological polar surface area (TPSA) is 79.6 Å². The number of benzene rings is 2. The first-order chi connectivity index (χ1) is 13.2. The summed E-state index contributed by atoms with van der Waals surface area (Å²) >= 11 is 0. The molecule has 6 heteroatoms. The van der Waals surface area contributed by atoms with E-state index in [0.29, 0.717) is 18.7 Å². The molecule has 0 atom stereocenters. The second-order valence-electron chi connectivity index (χ2n) is 5.67. The average molecular weight is 366 g/mol. The van der Waals surface area contributed by atoms with Crippen LogP contribution in [-0.2, 0) is 20.7 Å². The van der Waals surface area contributed by atoms with Crippen LogP contribution in [0.2, 0.25) is 0 Å². The Balaban J connectivity index is 1.87. The van der Waals surface area contributed by atoms with E-state index in [1.165, 1.54) is 4.90 Å². The highest BCUT2D eigenvalue weighted by Crippen LogP contribution is 2.19. The quantitative estimate of drug-likeness (QED) is 0.503. The number of aryl methyl sites for hydroxylation is 1. The summed E-state index contributed by atoms with van der Waals surface area (Å²) in [7, 11) is 0. The number of ether oxygens (including phenoxy) is 2. The number of nitrogens with zero attached hydrogens (tertiary/aromatic N) is 2. The van der Waals surface area contributed by atoms with Gasteiger partial charge in [0.2, 0.25) is 0 Å². The monoisotopic (exact) mass is 366 g/mol. The van der Waals surface area contributed by atoms with Crippen molar-refractivity contribution in [2.24, 2.45) is 0 Å². The molecule has 0 aliphatic carbocycles. The third-order valence-electron chi connectivity index (χ3n) is 3.83. The Bertz CT molecular complexity index is 799. The Morgan fingerprint density at radius 2 is 1.78 bits per heavy atom. The van der Waals surface area contributed by atoms with Crippen LogP contribution in [0.4, 0.5) is 5.69 Å². The van der Waals surface area contributed by atoms with Crippen molar-refractivity contribution in [3.05, 3.63) is 60.2 Å². The fourth-order valence-corrected chi connectivity index (χ4v) is 2.54. The molecule has 0 heterocycles. The molecule has 0 fully saturated rings. The number of rotatable bonds is 9. The van der Waals surface area contributed by atoms with Crippen LogP contribution in [0.5, 0.6) is 5.75 Å². The van der Waals surface area contributed by atoms with Crippen molar-refractivity contribution < 1.29 is 19.1 Å². The number of hydrogen-bond acceptors (Lipinski definition) is 5. The van der Waals surface area contributed by atoms with Gasteiger partial charge in [-0.1, -0.05) is 36.4 Å². The molecule has 0 spiro atoms. The van der Waals surface area contributed by atoms with E-state index in [9.17, 15) is 9.59 Å². The van der Waals surface area contributed by atoms with Crippen LogP contribution in [0.3, 0.4) is 0 Å². The summed E-state index contributed by atoms with van der Waals surface area (Å²) in [4.78, 5) is 25.6. The molecule has 140 valence electrons. The Hall–Kier alpha value is -3.33. The van der Waals surface area contributed by atoms with Crippen molar-refractivity contribution in [2.75, 3.05) is 24.7 Å². The lowest BCUT2D eigenvalue weighted by atomic mass is 10.1. The highest BCUT2D eigenvalue weighted by Gasteiger charge is 2.17. The van der Waals surface area contributed by atoms with E-state index < -0.39 is 18.5 Å². The molecule has 0 aromatic heterocycles. The maximum absolute atomic E-state index is 12.3. The third-order valence-corrected chi connectivity index (χ3v) is 3.83. The van der Waals surface area contributed by atoms with E-state index in [0.717, 1.165) is 11.3 Å². The van der Waals surface area contributed by atoms with Crippen LogP contribution in [0.25, 0.3) is 0 Å². The maximum Gasteiger partial charge on any atom is 0.306 e. The minimum absolute atomic E-state index is 0.109. The summed E-state index contributed by atoms with van der Waals surface area (Å²) in [6.07, 6.45) is 0.602. The van der Waals surface area contributed by atoms with Crippen LogP contribution in [0.1, 0.15) is 18.9 Å². The fourth-order valence-electron chi connectivity index (χ4n) is 2.54. The first kappa shape index (κ1) is 20.0. The number of esters is 1. The molecular formula is C21H22N2O4. The Labute approximate surface area is 158 Å². The zero-order valence-corrected chi connectivity index (χ0v) is 15.3. The van der Waals surface area contributed by atoms with Gasteiger partial charge in [-0.3, -0.25) is 14.5 Å². The molecule has 27 heavy (non-hydrogen) atoms. The van der Waals surface area contributed by atoms with Gasteiger partial charge in [0.15, 0.2) is 6.61 Å². The van der Waals surface area contributed by atoms with Crippen LogP contribution >= 0.6 is 0 Å². The first-order valence-corrected chi connectivity index (χ1v) is 8.74. The van der Waals surface area contributed by atoms with Crippen molar-refractivity contribution in [3.8, 4) is 11.8 Å². The summed E-state index contributed by atoms with van der Waals surface area (Å²) in [5.74, 6) is -0.168. The van der Waals surface area contributed by atoms with Gasteiger partial charge in [0.1, 0.15) is 12.3 Å². The second kappa shape index (κ2) is 10.6. The number of nitriles is 1. The summed E-state index contributed by atoms with van der Waals surface area (Å²) in [5.41, 5.74) is 1.50. The molecule has 0 saturated carbocycles. The highest BCUT2D eigenvalue weighted by molar-refractivity contribution is 5.95. The zero-order chi connectivity index (χ0) is 19.5. The van der Waals surface area contributed by atoms with Gasteiger partial charge in [-0.2, -0.15) is 5.26 Å². The van der Waals surface area contributed by atoms with Gasteiger partial charge >= 0.3 is 5.97 Å². The first-order valence-electron chi connectivity index (χ1n) is 8.74. The van der Waals surface area contributed by atoms with E-state index in [1.807, 2.05) is 43.3 Å². The predicted octanol–water partition coefficient (Wildman–Crippen LogP) is 3.12. The summed E-state index contributed by atoms with van der Waals surface area (Å²) in [6, 6.07) is 18.3. The minimum Gasteiger partial charge on any atom is -0.494 e. The van der Waals surface area contributed by atoms with Crippen molar-refractivity contribution in [3.63, 3.8) is 0 Å². The molecule has 0 bridgehead atoms. The number of para-hydroxylation sites is 2. The minimum atomic E-state index is -0.473. The van der Waals surface area contributed by atoms with Gasteiger partial charge in [0, 0.05) is 12.1 Å². The molecule has 2 rings (SSSR count). The second-order valence-corrected chi connectivity index (χ2v) is 5.67.